The van der Waals surface area contributed by atoms with Crippen LogP contribution in [0.15, 0.2) is 24.3 Å². The largest absolute Gasteiger partial charge is 0.399 e. The molecule has 134 valence electrons. The third-order valence-electron chi connectivity index (χ3n) is 5.11. The number of anilines is 1. The lowest BCUT2D eigenvalue weighted by atomic mass is 9.97. The number of carbonyl (C=O) groups excluding carboxylic acids is 3. The van der Waals surface area contributed by atoms with Gasteiger partial charge >= 0.3 is 6.03 Å². The average Bonchev–Trinajstić information content (AvgIpc) is 3.14. The smallest absolute Gasteiger partial charge is 0.325 e. The molecule has 0 radical (unpaired) electrons. The zero-order valence-corrected chi connectivity index (χ0v) is 14.4. The second-order valence-electron chi connectivity index (χ2n) is 6.85. The van der Waals surface area contributed by atoms with E-state index in [-0.39, 0.29) is 11.8 Å². The molecule has 4 N–H and O–H groups in total. The van der Waals surface area contributed by atoms with E-state index in [1.54, 1.807) is 6.92 Å². The first-order chi connectivity index (χ1) is 11.9. The van der Waals surface area contributed by atoms with Crippen LogP contribution >= 0.6 is 0 Å². The normalized spacial score (nSPS) is 20.0. The number of imide groups is 1. The van der Waals surface area contributed by atoms with Crippen molar-refractivity contribution >= 4 is 23.5 Å². The van der Waals surface area contributed by atoms with E-state index in [2.05, 4.69) is 10.6 Å². The van der Waals surface area contributed by atoms with Crippen LogP contribution in [0.4, 0.5) is 10.5 Å². The highest BCUT2D eigenvalue weighted by Gasteiger charge is 2.54. The number of nitrogens with one attached hydrogen (secondary N) is 2. The zero-order chi connectivity index (χ0) is 18.0. The standard InChI is InChI=1S/C18H24N4O3/c1-12(15(23)20-11-8-13-4-6-14(19)7-5-13)22-16(24)18(21-17(22)25)9-2-3-10-18/h4-7,12H,2-3,8-11,19H2,1H3,(H,20,23)(H,21,25). The number of urea groups is 1. The summed E-state index contributed by atoms with van der Waals surface area (Å²) >= 11 is 0. The highest BCUT2D eigenvalue weighted by atomic mass is 16.2. The van der Waals surface area contributed by atoms with Gasteiger partial charge in [0.2, 0.25) is 5.91 Å². The average molecular weight is 344 g/mol. The second kappa shape index (κ2) is 6.74. The van der Waals surface area contributed by atoms with E-state index in [0.29, 0.717) is 31.5 Å². The van der Waals surface area contributed by atoms with Crippen molar-refractivity contribution < 1.29 is 14.4 Å². The summed E-state index contributed by atoms with van der Waals surface area (Å²) in [7, 11) is 0. The van der Waals surface area contributed by atoms with Crippen molar-refractivity contribution in [1.29, 1.82) is 0 Å². The first-order valence-electron chi connectivity index (χ1n) is 8.71. The van der Waals surface area contributed by atoms with Gasteiger partial charge in [0.25, 0.3) is 5.91 Å². The summed E-state index contributed by atoms with van der Waals surface area (Å²) in [5.41, 5.74) is 6.61. The van der Waals surface area contributed by atoms with Gasteiger partial charge in [-0.25, -0.2) is 9.69 Å². The third kappa shape index (κ3) is 3.31. The molecule has 1 saturated heterocycles. The van der Waals surface area contributed by atoms with Gasteiger partial charge in [-0.1, -0.05) is 25.0 Å². The molecule has 7 nitrogen and oxygen atoms in total. The van der Waals surface area contributed by atoms with Crippen molar-refractivity contribution in [3.05, 3.63) is 29.8 Å². The maximum absolute atomic E-state index is 12.7. The number of nitrogens with zero attached hydrogens (tertiary/aromatic N) is 1. The predicted molar refractivity (Wildman–Crippen MR) is 93.6 cm³/mol. The van der Waals surface area contributed by atoms with E-state index in [4.69, 9.17) is 5.73 Å². The Balaban J connectivity index is 1.56. The summed E-state index contributed by atoms with van der Waals surface area (Å²) in [6.07, 6.45) is 3.80. The van der Waals surface area contributed by atoms with E-state index in [9.17, 15) is 14.4 Å². The number of rotatable bonds is 5. The summed E-state index contributed by atoms with van der Waals surface area (Å²) in [5, 5.41) is 5.60. The van der Waals surface area contributed by atoms with E-state index >= 15 is 0 Å². The molecule has 0 aromatic heterocycles. The highest BCUT2D eigenvalue weighted by Crippen LogP contribution is 2.35. The molecule has 1 unspecified atom stereocenters. The molecule has 1 saturated carbocycles. The Morgan fingerprint density at radius 2 is 1.92 bits per heavy atom. The molecule has 0 bridgehead atoms. The minimum Gasteiger partial charge on any atom is -0.399 e. The summed E-state index contributed by atoms with van der Waals surface area (Å²) in [4.78, 5) is 38.3. The van der Waals surface area contributed by atoms with Gasteiger partial charge in [-0.3, -0.25) is 9.59 Å². The van der Waals surface area contributed by atoms with E-state index < -0.39 is 17.6 Å². The third-order valence-corrected chi connectivity index (χ3v) is 5.11. The van der Waals surface area contributed by atoms with Crippen LogP contribution in [0.1, 0.15) is 38.2 Å². The van der Waals surface area contributed by atoms with Gasteiger partial charge in [0, 0.05) is 12.2 Å². The molecular formula is C18H24N4O3. The Morgan fingerprint density at radius 1 is 1.28 bits per heavy atom. The van der Waals surface area contributed by atoms with Crippen LogP contribution < -0.4 is 16.4 Å². The van der Waals surface area contributed by atoms with Gasteiger partial charge in [-0.05, 0) is 43.9 Å². The molecule has 1 atom stereocenters. The molecular weight excluding hydrogens is 320 g/mol. The number of hydrogen-bond acceptors (Lipinski definition) is 4. The molecule has 25 heavy (non-hydrogen) atoms. The van der Waals surface area contributed by atoms with Crippen LogP contribution in [0.2, 0.25) is 0 Å². The van der Waals surface area contributed by atoms with Gasteiger partial charge in [0.05, 0.1) is 0 Å². The van der Waals surface area contributed by atoms with Crippen molar-refractivity contribution in [2.24, 2.45) is 0 Å². The van der Waals surface area contributed by atoms with Crippen molar-refractivity contribution in [3.63, 3.8) is 0 Å². The first-order valence-corrected chi connectivity index (χ1v) is 8.71. The minimum atomic E-state index is -0.820. The Labute approximate surface area is 146 Å². The molecule has 1 aliphatic carbocycles. The second-order valence-corrected chi connectivity index (χ2v) is 6.85. The van der Waals surface area contributed by atoms with E-state index in [0.717, 1.165) is 23.3 Å². The van der Waals surface area contributed by atoms with Gasteiger partial charge in [-0.15, -0.1) is 0 Å². The maximum atomic E-state index is 12.7. The Kier molecular flexibility index (Phi) is 4.65. The lowest BCUT2D eigenvalue weighted by Crippen LogP contribution is -2.50. The van der Waals surface area contributed by atoms with Crippen molar-refractivity contribution in [1.82, 2.24) is 15.5 Å². The van der Waals surface area contributed by atoms with Crippen LogP contribution in [0.25, 0.3) is 0 Å². The van der Waals surface area contributed by atoms with Crippen molar-refractivity contribution in [2.45, 2.75) is 50.6 Å². The number of hydrogen-bond donors (Lipinski definition) is 3. The number of nitrogen functional groups attached to an aromatic ring is 1. The molecule has 1 aliphatic heterocycles. The van der Waals surface area contributed by atoms with Gasteiger partial charge in [0.15, 0.2) is 0 Å². The monoisotopic (exact) mass is 344 g/mol. The lowest BCUT2D eigenvalue weighted by molar-refractivity contribution is -0.137. The van der Waals surface area contributed by atoms with Crippen LogP contribution in [0.5, 0.6) is 0 Å². The summed E-state index contributed by atoms with van der Waals surface area (Å²) < 4.78 is 0. The fourth-order valence-corrected chi connectivity index (χ4v) is 3.59. The van der Waals surface area contributed by atoms with Gasteiger partial charge in [-0.2, -0.15) is 0 Å². The molecule has 4 amide bonds. The quantitative estimate of drug-likeness (QED) is 0.551. The molecule has 2 aliphatic rings. The van der Waals surface area contributed by atoms with Crippen molar-refractivity contribution in [3.8, 4) is 0 Å². The summed E-state index contributed by atoms with van der Waals surface area (Å²) in [6, 6.07) is 6.16. The topological polar surface area (TPSA) is 105 Å². The fraction of sp³-hybridized carbons (Fsp3) is 0.500. The molecule has 1 spiro atoms. The van der Waals surface area contributed by atoms with Crippen LogP contribution in [-0.4, -0.2) is 40.9 Å². The summed E-state index contributed by atoms with van der Waals surface area (Å²) in [5.74, 6) is -0.592. The lowest BCUT2D eigenvalue weighted by Gasteiger charge is -2.23. The van der Waals surface area contributed by atoms with Gasteiger partial charge in [0.1, 0.15) is 11.6 Å². The predicted octanol–water partition coefficient (Wildman–Crippen LogP) is 1.18. The zero-order valence-electron chi connectivity index (χ0n) is 14.4. The molecule has 3 rings (SSSR count). The Hall–Kier alpha value is -2.57. The molecule has 1 aromatic rings. The molecule has 1 heterocycles. The Morgan fingerprint density at radius 3 is 2.56 bits per heavy atom. The first kappa shape index (κ1) is 17.3. The fourth-order valence-electron chi connectivity index (χ4n) is 3.59. The van der Waals surface area contributed by atoms with Crippen LogP contribution in [0.3, 0.4) is 0 Å². The molecule has 2 fully saturated rings. The van der Waals surface area contributed by atoms with Gasteiger partial charge < -0.3 is 16.4 Å². The SMILES string of the molecule is CC(C(=O)NCCc1ccc(N)cc1)N1C(=O)NC2(CCCC2)C1=O. The number of amides is 4. The number of benzene rings is 1. The number of nitrogens with two attached hydrogens (primary N) is 1. The van der Waals surface area contributed by atoms with Crippen LogP contribution in [-0.2, 0) is 16.0 Å². The van der Waals surface area contributed by atoms with Crippen LogP contribution in [0, 0.1) is 0 Å². The van der Waals surface area contributed by atoms with E-state index in [1.807, 2.05) is 24.3 Å². The highest BCUT2D eigenvalue weighted by molar-refractivity contribution is 6.09. The minimum absolute atomic E-state index is 0.267. The number of carbonyl (C=O) groups is 3. The van der Waals surface area contributed by atoms with E-state index in [1.165, 1.54) is 0 Å². The molecule has 7 heteroatoms. The maximum Gasteiger partial charge on any atom is 0.325 e. The van der Waals surface area contributed by atoms with Crippen molar-refractivity contribution in [2.75, 3.05) is 12.3 Å². The Bertz CT molecular complexity index is 680. The molecule has 1 aromatic carbocycles. The summed E-state index contributed by atoms with van der Waals surface area (Å²) in [6.45, 7) is 2.02.